The SMILES string of the molecule is CCC(C)n1c(C)nc2cc(C(=O)O)ccc21. The Bertz CT molecular complexity index is 572. The quantitative estimate of drug-likeness (QED) is 0.885. The molecule has 0 radical (unpaired) electrons. The number of aromatic nitrogens is 2. The van der Waals surface area contributed by atoms with E-state index in [0.717, 1.165) is 23.3 Å². The van der Waals surface area contributed by atoms with Crippen LogP contribution in [0.25, 0.3) is 11.0 Å². The molecule has 0 amide bonds. The number of carbonyl (C=O) groups is 1. The van der Waals surface area contributed by atoms with Gasteiger partial charge in [0.2, 0.25) is 0 Å². The van der Waals surface area contributed by atoms with Crippen LogP contribution in [-0.2, 0) is 0 Å². The molecule has 2 aromatic rings. The van der Waals surface area contributed by atoms with E-state index in [1.54, 1.807) is 12.1 Å². The Morgan fingerprint density at radius 1 is 1.53 bits per heavy atom. The molecule has 0 aliphatic rings. The molecule has 0 fully saturated rings. The Hall–Kier alpha value is -1.84. The maximum absolute atomic E-state index is 10.9. The third-order valence-corrected chi connectivity index (χ3v) is 3.14. The second kappa shape index (κ2) is 4.20. The second-order valence-corrected chi connectivity index (χ2v) is 4.29. The van der Waals surface area contributed by atoms with E-state index >= 15 is 0 Å². The molecule has 0 aliphatic heterocycles. The minimum atomic E-state index is -0.914. The molecule has 0 bridgehead atoms. The Morgan fingerprint density at radius 3 is 2.82 bits per heavy atom. The lowest BCUT2D eigenvalue weighted by Crippen LogP contribution is -2.05. The molecular formula is C13H16N2O2. The molecule has 90 valence electrons. The lowest BCUT2D eigenvalue weighted by Gasteiger charge is -2.13. The smallest absolute Gasteiger partial charge is 0.335 e. The van der Waals surface area contributed by atoms with Crippen LogP contribution in [0.15, 0.2) is 18.2 Å². The summed E-state index contributed by atoms with van der Waals surface area (Å²) in [5, 5.41) is 8.94. The third-order valence-electron chi connectivity index (χ3n) is 3.14. The van der Waals surface area contributed by atoms with E-state index in [2.05, 4.69) is 23.4 Å². The summed E-state index contributed by atoms with van der Waals surface area (Å²) in [6.07, 6.45) is 1.02. The fourth-order valence-electron chi connectivity index (χ4n) is 2.09. The number of imidazole rings is 1. The predicted octanol–water partition coefficient (Wildman–Crippen LogP) is 3.01. The van der Waals surface area contributed by atoms with Crippen molar-refractivity contribution in [3.63, 3.8) is 0 Å². The van der Waals surface area contributed by atoms with Crippen LogP contribution in [0.4, 0.5) is 0 Å². The number of benzene rings is 1. The number of hydrogen-bond acceptors (Lipinski definition) is 2. The minimum Gasteiger partial charge on any atom is -0.478 e. The molecule has 1 aromatic carbocycles. The first-order chi connectivity index (χ1) is 8.04. The molecule has 0 spiro atoms. The van der Waals surface area contributed by atoms with Gasteiger partial charge in [-0.2, -0.15) is 0 Å². The van der Waals surface area contributed by atoms with Gasteiger partial charge in [-0.25, -0.2) is 9.78 Å². The van der Waals surface area contributed by atoms with E-state index in [9.17, 15) is 4.79 Å². The summed E-state index contributed by atoms with van der Waals surface area (Å²) in [7, 11) is 0. The zero-order valence-corrected chi connectivity index (χ0v) is 10.3. The fraction of sp³-hybridized carbons (Fsp3) is 0.385. The number of carboxylic acids is 1. The van der Waals surface area contributed by atoms with Gasteiger partial charge in [0.25, 0.3) is 0 Å². The number of hydrogen-bond donors (Lipinski definition) is 1. The van der Waals surface area contributed by atoms with Crippen LogP contribution in [0, 0.1) is 6.92 Å². The van der Waals surface area contributed by atoms with Crippen molar-refractivity contribution in [3.05, 3.63) is 29.6 Å². The topological polar surface area (TPSA) is 55.1 Å². The first kappa shape index (κ1) is 11.6. The molecule has 4 nitrogen and oxygen atoms in total. The third kappa shape index (κ3) is 1.90. The van der Waals surface area contributed by atoms with Gasteiger partial charge < -0.3 is 9.67 Å². The monoisotopic (exact) mass is 232 g/mol. The van der Waals surface area contributed by atoms with Gasteiger partial charge >= 0.3 is 5.97 Å². The van der Waals surface area contributed by atoms with Crippen molar-refractivity contribution in [2.75, 3.05) is 0 Å². The average Bonchev–Trinajstić information content (AvgIpc) is 2.62. The molecule has 1 heterocycles. The van der Waals surface area contributed by atoms with Gasteiger partial charge in [-0.3, -0.25) is 0 Å². The second-order valence-electron chi connectivity index (χ2n) is 4.29. The summed E-state index contributed by atoms with van der Waals surface area (Å²) >= 11 is 0. The van der Waals surface area contributed by atoms with Crippen molar-refractivity contribution in [2.24, 2.45) is 0 Å². The van der Waals surface area contributed by atoms with Crippen LogP contribution in [-0.4, -0.2) is 20.6 Å². The van der Waals surface area contributed by atoms with Gasteiger partial charge in [0.05, 0.1) is 16.6 Å². The average molecular weight is 232 g/mol. The van der Waals surface area contributed by atoms with Gasteiger partial charge in [-0.15, -0.1) is 0 Å². The summed E-state index contributed by atoms with van der Waals surface area (Å²) in [4.78, 5) is 15.3. The van der Waals surface area contributed by atoms with Crippen molar-refractivity contribution in [2.45, 2.75) is 33.2 Å². The first-order valence-electron chi connectivity index (χ1n) is 5.76. The molecule has 17 heavy (non-hydrogen) atoms. The highest BCUT2D eigenvalue weighted by Crippen LogP contribution is 2.23. The summed E-state index contributed by atoms with van der Waals surface area (Å²) in [5.41, 5.74) is 2.04. The minimum absolute atomic E-state index is 0.284. The summed E-state index contributed by atoms with van der Waals surface area (Å²) in [6, 6.07) is 5.47. The standard InChI is InChI=1S/C13H16N2O2/c1-4-8(2)15-9(3)14-11-7-10(13(16)17)5-6-12(11)15/h5-8H,4H2,1-3H3,(H,16,17). The number of aromatic carboxylic acids is 1. The van der Waals surface area contributed by atoms with Crippen LogP contribution in [0.3, 0.4) is 0 Å². The van der Waals surface area contributed by atoms with E-state index in [1.165, 1.54) is 0 Å². The molecule has 0 aliphatic carbocycles. The van der Waals surface area contributed by atoms with E-state index in [4.69, 9.17) is 5.11 Å². The highest BCUT2D eigenvalue weighted by molar-refractivity contribution is 5.92. The van der Waals surface area contributed by atoms with Crippen molar-refractivity contribution in [1.82, 2.24) is 9.55 Å². The molecule has 1 unspecified atom stereocenters. The Labute approximate surface area is 99.9 Å². The molecule has 1 aromatic heterocycles. The molecule has 0 saturated carbocycles. The maximum atomic E-state index is 10.9. The normalized spacial score (nSPS) is 12.9. The van der Waals surface area contributed by atoms with E-state index in [-0.39, 0.29) is 5.56 Å². The van der Waals surface area contributed by atoms with Gasteiger partial charge in [0.1, 0.15) is 5.82 Å². The van der Waals surface area contributed by atoms with E-state index < -0.39 is 5.97 Å². The number of rotatable bonds is 3. The molecule has 2 rings (SSSR count). The Morgan fingerprint density at radius 2 is 2.24 bits per heavy atom. The molecule has 1 atom stereocenters. The van der Waals surface area contributed by atoms with Crippen molar-refractivity contribution >= 4 is 17.0 Å². The highest BCUT2D eigenvalue weighted by Gasteiger charge is 2.13. The van der Waals surface area contributed by atoms with Crippen LogP contribution in [0.2, 0.25) is 0 Å². The molecule has 1 N–H and O–H groups in total. The molecule has 4 heteroatoms. The van der Waals surface area contributed by atoms with Gasteiger partial charge in [-0.05, 0) is 38.5 Å². The van der Waals surface area contributed by atoms with Crippen LogP contribution >= 0.6 is 0 Å². The van der Waals surface area contributed by atoms with Gasteiger partial charge in [0, 0.05) is 6.04 Å². The summed E-state index contributed by atoms with van der Waals surface area (Å²) in [5.74, 6) is 0.0135. The fourth-order valence-corrected chi connectivity index (χ4v) is 2.09. The lowest BCUT2D eigenvalue weighted by molar-refractivity contribution is 0.0697. The zero-order chi connectivity index (χ0) is 12.6. The van der Waals surface area contributed by atoms with Crippen LogP contribution in [0.1, 0.15) is 42.5 Å². The Kier molecular flexibility index (Phi) is 2.88. The van der Waals surface area contributed by atoms with Crippen molar-refractivity contribution < 1.29 is 9.90 Å². The molecular weight excluding hydrogens is 216 g/mol. The van der Waals surface area contributed by atoms with Crippen molar-refractivity contribution in [3.8, 4) is 0 Å². The van der Waals surface area contributed by atoms with Gasteiger partial charge in [-0.1, -0.05) is 6.92 Å². The maximum Gasteiger partial charge on any atom is 0.335 e. The lowest BCUT2D eigenvalue weighted by atomic mass is 10.2. The summed E-state index contributed by atoms with van der Waals surface area (Å²) in [6.45, 7) is 6.22. The largest absolute Gasteiger partial charge is 0.478 e. The number of nitrogens with zero attached hydrogens (tertiary/aromatic N) is 2. The highest BCUT2D eigenvalue weighted by atomic mass is 16.4. The molecule has 0 saturated heterocycles. The Balaban J connectivity index is 2.64. The van der Waals surface area contributed by atoms with E-state index in [0.29, 0.717) is 6.04 Å². The first-order valence-corrected chi connectivity index (χ1v) is 5.76. The number of carboxylic acid groups (broad SMARTS) is 1. The zero-order valence-electron chi connectivity index (χ0n) is 10.3. The summed E-state index contributed by atoms with van der Waals surface area (Å²) < 4.78 is 2.15. The van der Waals surface area contributed by atoms with Gasteiger partial charge in [0.15, 0.2) is 0 Å². The number of fused-ring (bicyclic) bond motifs is 1. The van der Waals surface area contributed by atoms with Crippen molar-refractivity contribution in [1.29, 1.82) is 0 Å². The van der Waals surface area contributed by atoms with Crippen LogP contribution < -0.4 is 0 Å². The van der Waals surface area contributed by atoms with Crippen LogP contribution in [0.5, 0.6) is 0 Å². The van der Waals surface area contributed by atoms with E-state index in [1.807, 2.05) is 13.0 Å². The number of aryl methyl sites for hydroxylation is 1. The predicted molar refractivity (Wildman–Crippen MR) is 66.4 cm³/mol.